The first-order valence-corrected chi connectivity index (χ1v) is 12.3. The van der Waals surface area contributed by atoms with Gasteiger partial charge in [-0.2, -0.15) is 0 Å². The van der Waals surface area contributed by atoms with Gasteiger partial charge in [-0.25, -0.2) is 0 Å². The van der Waals surface area contributed by atoms with Crippen LogP contribution in [0, 0.1) is 11.3 Å². The van der Waals surface area contributed by atoms with Gasteiger partial charge in [-0.15, -0.1) is 0 Å². The first kappa shape index (κ1) is 25.2. The smallest absolute Gasteiger partial charge is 0.249 e. The van der Waals surface area contributed by atoms with Crippen molar-refractivity contribution in [3.63, 3.8) is 0 Å². The number of allylic oxidation sites excluding steroid dienone is 2. The lowest BCUT2D eigenvalue weighted by Crippen LogP contribution is -2.51. The molecule has 1 fully saturated rings. The fourth-order valence-electron chi connectivity index (χ4n) is 4.83. The van der Waals surface area contributed by atoms with Crippen LogP contribution in [0.3, 0.4) is 0 Å². The van der Waals surface area contributed by atoms with Gasteiger partial charge >= 0.3 is 0 Å². The molecule has 6 nitrogen and oxygen atoms in total. The first-order chi connectivity index (χ1) is 15.9. The summed E-state index contributed by atoms with van der Waals surface area (Å²) in [5.74, 6) is -0.999. The van der Waals surface area contributed by atoms with Crippen LogP contribution in [0.25, 0.3) is 0 Å². The number of benzene rings is 1. The number of primary amides is 1. The molecule has 3 atom stereocenters. The van der Waals surface area contributed by atoms with Gasteiger partial charge in [-0.05, 0) is 44.1 Å². The van der Waals surface area contributed by atoms with E-state index in [2.05, 4.69) is 19.2 Å². The highest BCUT2D eigenvalue weighted by atomic mass is 16.3. The number of nitrogens with zero attached hydrogens (tertiary/aromatic N) is 1. The molecule has 6 heteroatoms. The summed E-state index contributed by atoms with van der Waals surface area (Å²) in [6.07, 6.45) is 9.29. The Labute approximate surface area is 197 Å². The van der Waals surface area contributed by atoms with E-state index in [-0.39, 0.29) is 12.3 Å². The molecule has 0 radical (unpaired) electrons. The summed E-state index contributed by atoms with van der Waals surface area (Å²) in [5, 5.41) is 14.7. The second-order valence-electron chi connectivity index (χ2n) is 9.47. The zero-order chi connectivity index (χ0) is 23.8. The molecule has 0 aliphatic heterocycles. The van der Waals surface area contributed by atoms with E-state index in [1.807, 2.05) is 41.3 Å². The first-order valence-electron chi connectivity index (χ1n) is 12.3. The molecule has 0 saturated heterocycles. The van der Waals surface area contributed by atoms with E-state index in [4.69, 9.17) is 5.73 Å². The molecule has 3 rings (SSSR count). The number of aliphatic hydroxyl groups excluding tert-OH is 1. The van der Waals surface area contributed by atoms with E-state index in [0.717, 1.165) is 31.2 Å². The molecular formula is C27H39N3O3. The number of hydrogen-bond donors (Lipinski definition) is 3. The third kappa shape index (κ3) is 6.33. The van der Waals surface area contributed by atoms with Crippen molar-refractivity contribution in [2.45, 2.75) is 64.5 Å². The second kappa shape index (κ2) is 11.6. The van der Waals surface area contributed by atoms with Crippen LogP contribution in [0.5, 0.6) is 0 Å². The van der Waals surface area contributed by atoms with Crippen molar-refractivity contribution in [1.29, 1.82) is 0 Å². The van der Waals surface area contributed by atoms with Gasteiger partial charge in [0.1, 0.15) is 0 Å². The van der Waals surface area contributed by atoms with Crippen LogP contribution in [0.1, 0.15) is 51.5 Å². The number of amides is 2. The van der Waals surface area contributed by atoms with Gasteiger partial charge < -0.3 is 21.1 Å². The predicted molar refractivity (Wildman–Crippen MR) is 131 cm³/mol. The van der Waals surface area contributed by atoms with Crippen molar-refractivity contribution in [1.82, 2.24) is 10.2 Å². The van der Waals surface area contributed by atoms with E-state index in [9.17, 15) is 14.7 Å². The molecule has 0 spiro atoms. The lowest BCUT2D eigenvalue weighted by Gasteiger charge is -2.41. The quantitative estimate of drug-likeness (QED) is 0.428. The zero-order valence-electron chi connectivity index (χ0n) is 20.0. The van der Waals surface area contributed by atoms with Gasteiger partial charge in [-0.1, -0.05) is 62.4 Å². The van der Waals surface area contributed by atoms with E-state index < -0.39 is 23.3 Å². The van der Waals surface area contributed by atoms with Gasteiger partial charge in [0.15, 0.2) is 0 Å². The standard InChI is InChI=1S/C27H39N3O3/c1-3-15-30(16-4-2)25(32)21-11-8-14-27(18-21,26(28)33)23(17-20-9-6-5-7-10-20)24(31)19-29-22-12-13-22/h5-11,14,22-24,29,31H,3-4,12-13,15-19H2,1-2H3,(H2,28,33)/t23-,24+,27?/m1/s1. The molecule has 33 heavy (non-hydrogen) atoms. The number of rotatable bonds is 13. The highest BCUT2D eigenvalue weighted by Crippen LogP contribution is 2.43. The molecule has 180 valence electrons. The average molecular weight is 454 g/mol. The maximum atomic E-state index is 13.4. The molecule has 2 aliphatic rings. The van der Waals surface area contributed by atoms with Gasteiger partial charge in [0.25, 0.3) is 0 Å². The van der Waals surface area contributed by atoms with Gasteiger partial charge in [0, 0.05) is 37.2 Å². The maximum absolute atomic E-state index is 13.4. The Morgan fingerprint density at radius 2 is 1.85 bits per heavy atom. The fraction of sp³-hybridized carbons (Fsp3) is 0.556. The maximum Gasteiger partial charge on any atom is 0.249 e. The Kier molecular flexibility index (Phi) is 8.87. The summed E-state index contributed by atoms with van der Waals surface area (Å²) in [5.41, 5.74) is 6.52. The minimum Gasteiger partial charge on any atom is -0.391 e. The second-order valence-corrected chi connectivity index (χ2v) is 9.47. The molecular weight excluding hydrogens is 414 g/mol. The topological polar surface area (TPSA) is 95.7 Å². The number of nitrogens with two attached hydrogens (primary N) is 1. The van der Waals surface area contributed by atoms with Crippen molar-refractivity contribution in [3.8, 4) is 0 Å². The van der Waals surface area contributed by atoms with Crippen LogP contribution in [-0.2, 0) is 16.0 Å². The minimum absolute atomic E-state index is 0.0438. The van der Waals surface area contributed by atoms with Gasteiger partial charge in [0.2, 0.25) is 11.8 Å². The molecule has 2 aliphatic carbocycles. The fourth-order valence-corrected chi connectivity index (χ4v) is 4.83. The average Bonchev–Trinajstić information content (AvgIpc) is 3.65. The van der Waals surface area contributed by atoms with Crippen LogP contribution in [0.4, 0.5) is 0 Å². The predicted octanol–water partition coefficient (Wildman–Crippen LogP) is 2.96. The van der Waals surface area contributed by atoms with E-state index >= 15 is 0 Å². The SMILES string of the molecule is CCCN(CCC)C(=O)C1=CC=CC(C(N)=O)([C@H](Cc2ccccc2)[C@@H](O)CNC2CC2)C1. The van der Waals surface area contributed by atoms with Crippen LogP contribution in [0.2, 0.25) is 0 Å². The van der Waals surface area contributed by atoms with Crippen molar-refractivity contribution < 1.29 is 14.7 Å². The number of aliphatic hydroxyl groups is 1. The third-order valence-corrected chi connectivity index (χ3v) is 6.80. The normalized spacial score (nSPS) is 21.8. The summed E-state index contributed by atoms with van der Waals surface area (Å²) in [6, 6.07) is 10.3. The molecule has 1 aromatic rings. The van der Waals surface area contributed by atoms with Crippen LogP contribution in [0.15, 0.2) is 54.1 Å². The van der Waals surface area contributed by atoms with E-state index in [1.165, 1.54) is 0 Å². The lowest BCUT2D eigenvalue weighted by molar-refractivity contribution is -0.132. The number of nitrogens with one attached hydrogen (secondary N) is 1. The minimum atomic E-state index is -1.13. The molecule has 0 bridgehead atoms. The van der Waals surface area contributed by atoms with Crippen molar-refractivity contribution >= 4 is 11.8 Å². The lowest BCUT2D eigenvalue weighted by atomic mass is 9.64. The van der Waals surface area contributed by atoms with Crippen molar-refractivity contribution in [3.05, 3.63) is 59.7 Å². The third-order valence-electron chi connectivity index (χ3n) is 6.80. The molecule has 2 amide bonds. The van der Waals surface area contributed by atoms with Crippen molar-refractivity contribution in [2.24, 2.45) is 17.1 Å². The van der Waals surface area contributed by atoms with Crippen molar-refractivity contribution in [2.75, 3.05) is 19.6 Å². The molecule has 1 aromatic carbocycles. The number of hydrogen-bond acceptors (Lipinski definition) is 4. The zero-order valence-corrected chi connectivity index (χ0v) is 20.0. The summed E-state index contributed by atoms with van der Waals surface area (Å²) in [6.45, 7) is 5.86. The Morgan fingerprint density at radius 1 is 1.18 bits per heavy atom. The Hall–Kier alpha value is -2.44. The Morgan fingerprint density at radius 3 is 2.42 bits per heavy atom. The summed E-state index contributed by atoms with van der Waals surface area (Å²) in [4.78, 5) is 28.3. The summed E-state index contributed by atoms with van der Waals surface area (Å²) in [7, 11) is 0. The highest BCUT2D eigenvalue weighted by Gasteiger charge is 2.48. The molecule has 1 unspecified atom stereocenters. The Bertz CT molecular complexity index is 857. The molecule has 0 heterocycles. The Balaban J connectivity index is 1.90. The molecule has 0 aromatic heterocycles. The van der Waals surface area contributed by atoms with E-state index in [1.54, 1.807) is 12.2 Å². The number of carbonyl (C=O) groups is 2. The largest absolute Gasteiger partial charge is 0.391 e. The van der Waals surface area contributed by atoms with E-state index in [0.29, 0.717) is 37.7 Å². The van der Waals surface area contributed by atoms with Crippen LogP contribution >= 0.6 is 0 Å². The molecule has 4 N–H and O–H groups in total. The summed E-state index contributed by atoms with van der Waals surface area (Å²) < 4.78 is 0. The number of carbonyl (C=O) groups excluding carboxylic acids is 2. The summed E-state index contributed by atoms with van der Waals surface area (Å²) >= 11 is 0. The highest BCUT2D eigenvalue weighted by molar-refractivity contribution is 5.96. The van der Waals surface area contributed by atoms with Crippen LogP contribution < -0.4 is 11.1 Å². The van der Waals surface area contributed by atoms with Gasteiger partial charge in [0.05, 0.1) is 11.5 Å². The monoisotopic (exact) mass is 453 g/mol. The van der Waals surface area contributed by atoms with Crippen LogP contribution in [-0.4, -0.2) is 53.6 Å². The van der Waals surface area contributed by atoms with Gasteiger partial charge in [-0.3, -0.25) is 9.59 Å². The molecule has 1 saturated carbocycles.